The van der Waals surface area contributed by atoms with Gasteiger partial charge in [-0.1, -0.05) is 49.4 Å². The van der Waals surface area contributed by atoms with Gasteiger partial charge in [-0.3, -0.25) is 0 Å². The zero-order valence-corrected chi connectivity index (χ0v) is 14.4. The third-order valence-corrected chi connectivity index (χ3v) is 4.67. The number of hydrogen-bond acceptors (Lipinski definition) is 3. The van der Waals surface area contributed by atoms with Crippen molar-refractivity contribution in [2.45, 2.75) is 32.1 Å². The maximum absolute atomic E-state index is 9.84. The molecule has 0 spiro atoms. The lowest BCUT2D eigenvalue weighted by molar-refractivity contribution is 0.147. The number of nitrogens with one attached hydrogen (secondary N) is 1. The molecule has 0 amide bonds. The fraction of sp³-hybridized carbons (Fsp3) is 0.350. The fourth-order valence-electron chi connectivity index (χ4n) is 3.33. The van der Waals surface area contributed by atoms with Crippen LogP contribution >= 0.6 is 0 Å². The average molecular weight is 323 g/mol. The van der Waals surface area contributed by atoms with Crippen molar-refractivity contribution >= 4 is 10.8 Å². The van der Waals surface area contributed by atoms with E-state index in [1.165, 1.54) is 16.3 Å². The first kappa shape index (κ1) is 16.5. The lowest BCUT2D eigenvalue weighted by Crippen LogP contribution is -2.12. The van der Waals surface area contributed by atoms with E-state index < -0.39 is 0 Å². The van der Waals surface area contributed by atoms with Crippen LogP contribution in [-0.4, -0.2) is 28.7 Å². The van der Waals surface area contributed by atoms with Gasteiger partial charge in [-0.15, -0.1) is 9.94 Å². The van der Waals surface area contributed by atoms with Gasteiger partial charge in [0.05, 0.1) is 11.9 Å². The van der Waals surface area contributed by atoms with Crippen molar-refractivity contribution in [1.29, 1.82) is 0 Å². The Hall–Kier alpha value is -2.33. The van der Waals surface area contributed by atoms with Crippen LogP contribution in [-0.2, 0) is 6.42 Å². The molecule has 4 heteroatoms. The van der Waals surface area contributed by atoms with Crippen LogP contribution in [0, 0.1) is 0 Å². The SMILES string of the molecule is CCC(CCNC)c1cn(O)nc1Cc1ccc2ccccc2c1. The van der Waals surface area contributed by atoms with E-state index in [1.807, 2.05) is 7.05 Å². The Bertz CT molecular complexity index is 810. The molecule has 0 bridgehead atoms. The number of rotatable bonds is 7. The molecule has 1 aromatic heterocycles. The molecule has 4 nitrogen and oxygen atoms in total. The Morgan fingerprint density at radius 2 is 1.96 bits per heavy atom. The van der Waals surface area contributed by atoms with Crippen molar-refractivity contribution in [2.75, 3.05) is 13.6 Å². The maximum Gasteiger partial charge on any atom is 0.0738 e. The second-order valence-electron chi connectivity index (χ2n) is 6.31. The Kier molecular flexibility index (Phi) is 5.16. The molecule has 0 aliphatic carbocycles. The second-order valence-corrected chi connectivity index (χ2v) is 6.31. The minimum atomic E-state index is 0.411. The third-order valence-electron chi connectivity index (χ3n) is 4.67. The van der Waals surface area contributed by atoms with Gasteiger partial charge in [-0.25, -0.2) is 0 Å². The number of aromatic nitrogens is 2. The van der Waals surface area contributed by atoms with Crippen LogP contribution in [0.25, 0.3) is 10.8 Å². The molecule has 126 valence electrons. The number of fused-ring (bicyclic) bond motifs is 1. The summed E-state index contributed by atoms with van der Waals surface area (Å²) in [4.78, 5) is 0.966. The van der Waals surface area contributed by atoms with Gasteiger partial charge in [0.2, 0.25) is 0 Å². The molecule has 3 rings (SSSR count). The van der Waals surface area contributed by atoms with Crippen LogP contribution in [0.4, 0.5) is 0 Å². The van der Waals surface area contributed by atoms with Crippen LogP contribution in [0.5, 0.6) is 0 Å². The molecule has 1 unspecified atom stereocenters. The van der Waals surface area contributed by atoms with E-state index in [0.29, 0.717) is 5.92 Å². The quantitative estimate of drug-likeness (QED) is 0.647. The molecular weight excluding hydrogens is 298 g/mol. The van der Waals surface area contributed by atoms with Crippen molar-refractivity contribution in [3.05, 3.63) is 65.5 Å². The first-order chi connectivity index (χ1) is 11.7. The summed E-state index contributed by atoms with van der Waals surface area (Å²) in [6, 6.07) is 14.9. The Morgan fingerprint density at radius 3 is 2.71 bits per heavy atom. The van der Waals surface area contributed by atoms with Gasteiger partial charge in [-0.2, -0.15) is 0 Å². The Balaban J connectivity index is 1.88. The molecule has 1 heterocycles. The fourth-order valence-corrected chi connectivity index (χ4v) is 3.33. The van der Waals surface area contributed by atoms with E-state index in [-0.39, 0.29) is 0 Å². The standard InChI is InChI=1S/C20H25N3O/c1-3-16(10-11-21-2)19-14-23(24)22-20(19)13-15-8-9-17-6-4-5-7-18(17)12-15/h4-9,12,14,16,21,24H,3,10-11,13H2,1-2H3. The highest BCUT2D eigenvalue weighted by molar-refractivity contribution is 5.83. The van der Waals surface area contributed by atoms with E-state index in [4.69, 9.17) is 0 Å². The molecule has 24 heavy (non-hydrogen) atoms. The first-order valence-corrected chi connectivity index (χ1v) is 8.61. The monoisotopic (exact) mass is 323 g/mol. The summed E-state index contributed by atoms with van der Waals surface area (Å²) in [6.07, 6.45) is 4.59. The summed E-state index contributed by atoms with van der Waals surface area (Å²) in [5, 5.41) is 19.8. The number of benzene rings is 2. The largest absolute Gasteiger partial charge is 0.412 e. The molecular formula is C20H25N3O. The molecule has 2 aromatic carbocycles. The van der Waals surface area contributed by atoms with Crippen LogP contribution in [0.1, 0.15) is 42.5 Å². The zero-order valence-electron chi connectivity index (χ0n) is 14.4. The molecule has 3 aromatic rings. The van der Waals surface area contributed by atoms with Crippen LogP contribution < -0.4 is 5.32 Å². The highest BCUT2D eigenvalue weighted by atomic mass is 16.5. The highest BCUT2D eigenvalue weighted by Gasteiger charge is 2.18. The molecule has 2 N–H and O–H groups in total. The van der Waals surface area contributed by atoms with Gasteiger partial charge < -0.3 is 10.5 Å². The molecule has 1 atom stereocenters. The first-order valence-electron chi connectivity index (χ1n) is 8.61. The van der Waals surface area contributed by atoms with E-state index in [2.05, 4.69) is 59.8 Å². The Labute approximate surface area is 143 Å². The normalized spacial score (nSPS) is 12.6. The zero-order chi connectivity index (χ0) is 16.9. The van der Waals surface area contributed by atoms with Crippen molar-refractivity contribution in [3.63, 3.8) is 0 Å². The molecule has 0 aliphatic heterocycles. The van der Waals surface area contributed by atoms with Crippen molar-refractivity contribution in [1.82, 2.24) is 15.3 Å². The van der Waals surface area contributed by atoms with E-state index in [1.54, 1.807) is 6.20 Å². The second kappa shape index (κ2) is 7.49. The topological polar surface area (TPSA) is 50.1 Å². The van der Waals surface area contributed by atoms with Gasteiger partial charge in [0.1, 0.15) is 0 Å². The lowest BCUT2D eigenvalue weighted by atomic mass is 9.91. The predicted octanol–water partition coefficient (Wildman–Crippen LogP) is 3.97. The van der Waals surface area contributed by atoms with Crippen LogP contribution in [0.15, 0.2) is 48.7 Å². The third kappa shape index (κ3) is 3.60. The van der Waals surface area contributed by atoms with Gasteiger partial charge in [0.25, 0.3) is 0 Å². The minimum absolute atomic E-state index is 0.411. The van der Waals surface area contributed by atoms with E-state index >= 15 is 0 Å². The highest BCUT2D eigenvalue weighted by Crippen LogP contribution is 2.27. The minimum Gasteiger partial charge on any atom is -0.412 e. The molecule has 0 fully saturated rings. The van der Waals surface area contributed by atoms with Crippen LogP contribution in [0.2, 0.25) is 0 Å². The van der Waals surface area contributed by atoms with Gasteiger partial charge >= 0.3 is 0 Å². The van der Waals surface area contributed by atoms with Gasteiger partial charge in [0, 0.05) is 12.0 Å². The summed E-state index contributed by atoms with van der Waals surface area (Å²) in [5.74, 6) is 0.411. The van der Waals surface area contributed by atoms with E-state index in [0.717, 1.165) is 41.9 Å². The Morgan fingerprint density at radius 1 is 1.17 bits per heavy atom. The molecule has 0 radical (unpaired) electrons. The summed E-state index contributed by atoms with van der Waals surface area (Å²) in [5.41, 5.74) is 3.34. The molecule has 0 saturated carbocycles. The van der Waals surface area contributed by atoms with Gasteiger partial charge in [0.15, 0.2) is 0 Å². The summed E-state index contributed by atoms with van der Waals surface area (Å²) < 4.78 is 0. The van der Waals surface area contributed by atoms with E-state index in [9.17, 15) is 5.21 Å². The predicted molar refractivity (Wildman–Crippen MR) is 97.7 cm³/mol. The van der Waals surface area contributed by atoms with Crippen molar-refractivity contribution in [2.24, 2.45) is 0 Å². The summed E-state index contributed by atoms with van der Waals surface area (Å²) >= 11 is 0. The summed E-state index contributed by atoms with van der Waals surface area (Å²) in [7, 11) is 1.97. The smallest absolute Gasteiger partial charge is 0.0738 e. The van der Waals surface area contributed by atoms with Crippen molar-refractivity contribution < 1.29 is 5.21 Å². The van der Waals surface area contributed by atoms with Gasteiger partial charge in [-0.05, 0) is 48.7 Å². The number of hydrogen-bond donors (Lipinski definition) is 2. The average Bonchev–Trinajstić information content (AvgIpc) is 2.96. The maximum atomic E-state index is 9.84. The van der Waals surface area contributed by atoms with Crippen molar-refractivity contribution in [3.8, 4) is 0 Å². The summed E-state index contributed by atoms with van der Waals surface area (Å²) in [6.45, 7) is 3.15. The van der Waals surface area contributed by atoms with Crippen LogP contribution in [0.3, 0.4) is 0 Å². The number of nitrogens with zero attached hydrogens (tertiary/aromatic N) is 2. The molecule has 0 saturated heterocycles. The lowest BCUT2D eigenvalue weighted by Gasteiger charge is -2.14. The molecule has 0 aliphatic rings.